The lowest BCUT2D eigenvalue weighted by Gasteiger charge is -2.08. The Hall–Kier alpha value is -3.22. The number of hydrogen-bond donors (Lipinski definition) is 1. The Bertz CT molecular complexity index is 830. The zero-order valence-electron chi connectivity index (χ0n) is 10.8. The van der Waals surface area contributed by atoms with E-state index < -0.39 is 4.92 Å². The molecule has 0 aliphatic heterocycles. The lowest BCUT2D eigenvalue weighted by atomic mass is 10.1. The molecule has 0 unspecified atom stereocenters. The van der Waals surface area contributed by atoms with Gasteiger partial charge in [-0.3, -0.25) is 10.1 Å². The summed E-state index contributed by atoms with van der Waals surface area (Å²) in [5.41, 5.74) is 5.13. The van der Waals surface area contributed by atoms with E-state index in [4.69, 9.17) is 10.5 Å². The van der Waals surface area contributed by atoms with E-state index in [2.05, 4.69) is 9.97 Å². The van der Waals surface area contributed by atoms with E-state index in [9.17, 15) is 10.1 Å². The number of anilines is 1. The predicted molar refractivity (Wildman–Crippen MR) is 77.1 cm³/mol. The van der Waals surface area contributed by atoms with Crippen molar-refractivity contribution >= 4 is 22.4 Å². The first-order chi connectivity index (χ1) is 10.1. The number of fused-ring (bicyclic) bond motifs is 1. The Balaban J connectivity index is 2.11. The zero-order valence-corrected chi connectivity index (χ0v) is 10.8. The van der Waals surface area contributed by atoms with Gasteiger partial charge in [0.1, 0.15) is 11.9 Å². The van der Waals surface area contributed by atoms with Gasteiger partial charge in [-0.25, -0.2) is 4.98 Å². The first-order valence-corrected chi connectivity index (χ1v) is 6.07. The molecule has 0 bridgehead atoms. The smallest absolute Gasteiger partial charge is 0.349 e. The van der Waals surface area contributed by atoms with Crippen LogP contribution in [-0.2, 0) is 0 Å². The third-order valence-corrected chi connectivity index (χ3v) is 2.91. The maximum absolute atomic E-state index is 11.0. The van der Waals surface area contributed by atoms with E-state index in [0.717, 1.165) is 17.0 Å². The first kappa shape index (κ1) is 12.8. The summed E-state index contributed by atoms with van der Waals surface area (Å²) in [7, 11) is 0. The Morgan fingerprint density at radius 1 is 1.14 bits per heavy atom. The summed E-state index contributed by atoms with van der Waals surface area (Å²) in [5.74, 6) is 0.203. The molecule has 2 N–H and O–H groups in total. The highest BCUT2D eigenvalue weighted by Gasteiger charge is 2.19. The van der Waals surface area contributed by atoms with Gasteiger partial charge in [0.15, 0.2) is 0 Å². The third kappa shape index (κ3) is 2.44. The molecule has 0 saturated carbocycles. The molecule has 0 atom stereocenters. The zero-order chi connectivity index (χ0) is 14.8. The van der Waals surface area contributed by atoms with Gasteiger partial charge in [-0.2, -0.15) is 4.98 Å². The van der Waals surface area contributed by atoms with Gasteiger partial charge in [-0.15, -0.1) is 0 Å². The SMILES string of the molecule is Nc1ncc([N+](=O)[O-])c(Oc2cccc3ccccc23)n1. The van der Waals surface area contributed by atoms with Crippen LogP contribution in [0.5, 0.6) is 11.6 Å². The molecule has 3 rings (SSSR count). The van der Waals surface area contributed by atoms with Crippen molar-refractivity contribution in [3.8, 4) is 11.6 Å². The van der Waals surface area contributed by atoms with Crippen LogP contribution in [0.25, 0.3) is 10.8 Å². The number of nitro groups is 1. The van der Waals surface area contributed by atoms with E-state index in [1.807, 2.05) is 30.3 Å². The summed E-state index contributed by atoms with van der Waals surface area (Å²) in [6.45, 7) is 0. The lowest BCUT2D eigenvalue weighted by molar-refractivity contribution is -0.386. The highest BCUT2D eigenvalue weighted by Crippen LogP contribution is 2.33. The molecule has 0 amide bonds. The molecule has 1 aromatic heterocycles. The van der Waals surface area contributed by atoms with Gasteiger partial charge in [-0.1, -0.05) is 36.4 Å². The molecule has 0 aliphatic carbocycles. The average Bonchev–Trinajstić information content (AvgIpc) is 2.47. The van der Waals surface area contributed by atoms with Crippen molar-refractivity contribution in [2.24, 2.45) is 0 Å². The van der Waals surface area contributed by atoms with Gasteiger partial charge < -0.3 is 10.5 Å². The Kier molecular flexibility index (Phi) is 3.07. The molecular formula is C14H10N4O3. The Labute approximate surface area is 119 Å². The van der Waals surface area contributed by atoms with Gasteiger partial charge in [0.05, 0.1) is 4.92 Å². The van der Waals surface area contributed by atoms with Crippen LogP contribution in [0, 0.1) is 10.1 Å². The second kappa shape index (κ2) is 5.04. The van der Waals surface area contributed by atoms with Crippen LogP contribution in [0.4, 0.5) is 11.6 Å². The molecule has 7 nitrogen and oxygen atoms in total. The predicted octanol–water partition coefficient (Wildman–Crippen LogP) is 2.91. The fourth-order valence-corrected chi connectivity index (χ4v) is 1.96. The molecular weight excluding hydrogens is 272 g/mol. The summed E-state index contributed by atoms with van der Waals surface area (Å²) in [6, 6.07) is 13.0. The molecule has 1 heterocycles. The molecule has 2 aromatic carbocycles. The number of nitrogen functional groups attached to an aromatic ring is 1. The van der Waals surface area contributed by atoms with Crippen LogP contribution >= 0.6 is 0 Å². The number of benzene rings is 2. The third-order valence-electron chi connectivity index (χ3n) is 2.91. The van der Waals surface area contributed by atoms with E-state index in [0.29, 0.717) is 5.75 Å². The highest BCUT2D eigenvalue weighted by molar-refractivity contribution is 5.88. The molecule has 0 radical (unpaired) electrons. The van der Waals surface area contributed by atoms with E-state index in [1.165, 1.54) is 0 Å². The van der Waals surface area contributed by atoms with Crippen molar-refractivity contribution in [3.63, 3.8) is 0 Å². The second-order valence-electron chi connectivity index (χ2n) is 4.26. The number of rotatable bonds is 3. The van der Waals surface area contributed by atoms with Crippen LogP contribution in [0.1, 0.15) is 0 Å². The fraction of sp³-hybridized carbons (Fsp3) is 0. The number of ether oxygens (including phenoxy) is 1. The minimum Gasteiger partial charge on any atom is -0.433 e. The number of nitrogens with two attached hydrogens (primary N) is 1. The second-order valence-corrected chi connectivity index (χ2v) is 4.26. The quantitative estimate of drug-likeness (QED) is 0.585. The van der Waals surface area contributed by atoms with Gasteiger partial charge >= 0.3 is 11.6 Å². The van der Waals surface area contributed by atoms with Crippen molar-refractivity contribution in [1.29, 1.82) is 0 Å². The van der Waals surface area contributed by atoms with E-state index in [1.54, 1.807) is 12.1 Å². The monoisotopic (exact) mass is 282 g/mol. The van der Waals surface area contributed by atoms with Crippen molar-refractivity contribution < 1.29 is 9.66 Å². The molecule has 104 valence electrons. The Morgan fingerprint density at radius 2 is 1.90 bits per heavy atom. The van der Waals surface area contributed by atoms with Crippen molar-refractivity contribution in [2.75, 3.05) is 5.73 Å². The summed E-state index contributed by atoms with van der Waals surface area (Å²) in [4.78, 5) is 17.8. The van der Waals surface area contributed by atoms with Gasteiger partial charge in [0.25, 0.3) is 0 Å². The van der Waals surface area contributed by atoms with E-state index in [-0.39, 0.29) is 17.5 Å². The Morgan fingerprint density at radius 3 is 2.71 bits per heavy atom. The van der Waals surface area contributed by atoms with E-state index >= 15 is 0 Å². The van der Waals surface area contributed by atoms with Gasteiger partial charge in [0, 0.05) is 5.39 Å². The fourth-order valence-electron chi connectivity index (χ4n) is 1.96. The van der Waals surface area contributed by atoms with Crippen LogP contribution in [0.2, 0.25) is 0 Å². The molecule has 0 aliphatic rings. The molecule has 0 saturated heterocycles. The molecule has 0 fully saturated rings. The van der Waals surface area contributed by atoms with Gasteiger partial charge in [0.2, 0.25) is 5.95 Å². The summed E-state index contributed by atoms with van der Waals surface area (Å²) in [5, 5.41) is 12.8. The van der Waals surface area contributed by atoms with Crippen molar-refractivity contribution in [3.05, 3.63) is 58.8 Å². The molecule has 0 spiro atoms. The van der Waals surface area contributed by atoms with Gasteiger partial charge in [-0.05, 0) is 11.5 Å². The normalized spacial score (nSPS) is 10.5. The number of hydrogen-bond acceptors (Lipinski definition) is 6. The molecule has 21 heavy (non-hydrogen) atoms. The number of nitrogens with zero attached hydrogens (tertiary/aromatic N) is 3. The van der Waals surface area contributed by atoms with Crippen molar-refractivity contribution in [2.45, 2.75) is 0 Å². The van der Waals surface area contributed by atoms with Crippen LogP contribution < -0.4 is 10.5 Å². The van der Waals surface area contributed by atoms with Crippen molar-refractivity contribution in [1.82, 2.24) is 9.97 Å². The summed E-state index contributed by atoms with van der Waals surface area (Å²) >= 11 is 0. The highest BCUT2D eigenvalue weighted by atomic mass is 16.6. The first-order valence-electron chi connectivity index (χ1n) is 6.07. The standard InChI is InChI=1S/C14H10N4O3/c15-14-16-8-11(18(19)20)13(17-14)21-12-7-3-5-9-4-1-2-6-10(9)12/h1-8H,(H2,15,16,17). The van der Waals surface area contributed by atoms with Crippen LogP contribution in [-0.4, -0.2) is 14.9 Å². The summed E-state index contributed by atoms with van der Waals surface area (Å²) in [6.07, 6.45) is 1.03. The maximum atomic E-state index is 11.0. The maximum Gasteiger partial charge on any atom is 0.349 e. The lowest BCUT2D eigenvalue weighted by Crippen LogP contribution is -2.01. The molecule has 7 heteroatoms. The topological polar surface area (TPSA) is 104 Å². The van der Waals surface area contributed by atoms with Crippen LogP contribution in [0.15, 0.2) is 48.7 Å². The minimum absolute atomic E-state index is 0.0872. The average molecular weight is 282 g/mol. The van der Waals surface area contributed by atoms with Crippen LogP contribution in [0.3, 0.4) is 0 Å². The molecule has 3 aromatic rings. The summed E-state index contributed by atoms with van der Waals surface area (Å²) < 4.78 is 5.59. The minimum atomic E-state index is -0.611. The number of aromatic nitrogens is 2. The largest absolute Gasteiger partial charge is 0.433 e.